The van der Waals surface area contributed by atoms with Crippen LogP contribution in [-0.4, -0.2) is 18.9 Å². The Bertz CT molecular complexity index is 525. The minimum Gasteiger partial charge on any atom is -0.241 e. The summed E-state index contributed by atoms with van der Waals surface area (Å²) in [5.74, 6) is -0.815. The van der Waals surface area contributed by atoms with Gasteiger partial charge in [0.25, 0.3) is 10.0 Å². The van der Waals surface area contributed by atoms with Gasteiger partial charge < -0.3 is 0 Å². The maximum atomic E-state index is 13.5. The van der Waals surface area contributed by atoms with Crippen LogP contribution in [0.3, 0.4) is 0 Å². The highest BCUT2D eigenvalue weighted by Crippen LogP contribution is 2.29. The zero-order chi connectivity index (χ0) is 13.2. The van der Waals surface area contributed by atoms with Gasteiger partial charge in [-0.15, -0.1) is 0 Å². The Morgan fingerprint density at radius 3 is 2.61 bits per heavy atom. The number of nitrogens with zero attached hydrogens (tertiary/aromatic N) is 1. The van der Waals surface area contributed by atoms with E-state index in [0.717, 1.165) is 38.2 Å². The Morgan fingerprint density at radius 2 is 2.00 bits per heavy atom. The fraction of sp³-hybridized carbons (Fsp3) is 0.583. The van der Waals surface area contributed by atoms with E-state index in [1.54, 1.807) is 0 Å². The summed E-state index contributed by atoms with van der Waals surface area (Å²) in [6.07, 6.45) is 5.94. The molecule has 1 aromatic rings. The molecular weight excluding hydrogens is 255 g/mol. The molecule has 0 unspecified atom stereocenters. The third-order valence-electron chi connectivity index (χ3n) is 3.32. The molecule has 1 aromatic heterocycles. The fourth-order valence-electron chi connectivity index (χ4n) is 2.38. The van der Waals surface area contributed by atoms with Crippen LogP contribution in [0.15, 0.2) is 23.4 Å². The van der Waals surface area contributed by atoms with Gasteiger partial charge in [-0.25, -0.2) is 22.5 Å². The molecule has 0 radical (unpaired) electrons. The minimum atomic E-state index is -3.89. The molecule has 0 aliphatic heterocycles. The standard InChI is InChI=1S/C12H17FN2O2S/c1-12(7-3-2-4-8-12)15-18(16,17)11-10(13)6-5-9-14-11/h5-6,9,15H,2-4,7-8H2,1H3. The Labute approximate surface area is 107 Å². The first-order valence-corrected chi connectivity index (χ1v) is 7.56. The zero-order valence-electron chi connectivity index (χ0n) is 10.3. The molecule has 0 atom stereocenters. The summed E-state index contributed by atoms with van der Waals surface area (Å²) in [4.78, 5) is 3.62. The lowest BCUT2D eigenvalue weighted by Crippen LogP contribution is -2.47. The number of hydrogen-bond donors (Lipinski definition) is 1. The van der Waals surface area contributed by atoms with Crippen LogP contribution in [0, 0.1) is 5.82 Å². The predicted molar refractivity (Wildman–Crippen MR) is 66.0 cm³/mol. The van der Waals surface area contributed by atoms with Crippen molar-refractivity contribution in [3.8, 4) is 0 Å². The summed E-state index contributed by atoms with van der Waals surface area (Å²) in [6.45, 7) is 1.87. The van der Waals surface area contributed by atoms with Crippen molar-refractivity contribution in [1.29, 1.82) is 0 Å². The molecule has 4 nitrogen and oxygen atoms in total. The molecule has 0 saturated heterocycles. The molecule has 1 fully saturated rings. The second-order valence-corrected chi connectivity index (χ2v) is 6.61. The third-order valence-corrected chi connectivity index (χ3v) is 4.89. The molecule has 6 heteroatoms. The molecule has 1 aliphatic rings. The van der Waals surface area contributed by atoms with Gasteiger partial charge in [0.05, 0.1) is 0 Å². The average Bonchev–Trinajstić information content (AvgIpc) is 2.28. The number of nitrogens with one attached hydrogen (secondary N) is 1. The van der Waals surface area contributed by atoms with E-state index in [2.05, 4.69) is 9.71 Å². The largest absolute Gasteiger partial charge is 0.261 e. The number of halogens is 1. The lowest BCUT2D eigenvalue weighted by molar-refractivity contribution is 0.293. The van der Waals surface area contributed by atoms with Crippen molar-refractivity contribution in [3.63, 3.8) is 0 Å². The van der Waals surface area contributed by atoms with Gasteiger partial charge in [-0.2, -0.15) is 0 Å². The molecule has 18 heavy (non-hydrogen) atoms. The average molecular weight is 272 g/mol. The number of hydrogen-bond acceptors (Lipinski definition) is 3. The van der Waals surface area contributed by atoms with E-state index in [-0.39, 0.29) is 0 Å². The maximum absolute atomic E-state index is 13.5. The van der Waals surface area contributed by atoms with Crippen LogP contribution >= 0.6 is 0 Å². The lowest BCUT2D eigenvalue weighted by atomic mass is 9.84. The Kier molecular flexibility index (Phi) is 3.68. The molecule has 0 bridgehead atoms. The summed E-state index contributed by atoms with van der Waals surface area (Å²) < 4.78 is 40.3. The predicted octanol–water partition coefficient (Wildman–Crippen LogP) is 2.22. The molecule has 1 N–H and O–H groups in total. The first kappa shape index (κ1) is 13.4. The van der Waals surface area contributed by atoms with E-state index >= 15 is 0 Å². The van der Waals surface area contributed by atoms with Crippen LogP contribution in [0.1, 0.15) is 39.0 Å². The summed E-state index contributed by atoms with van der Waals surface area (Å²) in [5.41, 5.74) is -0.485. The van der Waals surface area contributed by atoms with Crippen molar-refractivity contribution >= 4 is 10.0 Å². The van der Waals surface area contributed by atoms with Gasteiger partial charge in [0, 0.05) is 11.7 Å². The summed E-state index contributed by atoms with van der Waals surface area (Å²) >= 11 is 0. The fourth-order valence-corrected chi connectivity index (χ4v) is 3.85. The van der Waals surface area contributed by atoms with Crippen LogP contribution in [0.25, 0.3) is 0 Å². The van der Waals surface area contributed by atoms with Gasteiger partial charge in [-0.05, 0) is 31.9 Å². The van der Waals surface area contributed by atoms with Gasteiger partial charge in [0.1, 0.15) is 0 Å². The first-order valence-electron chi connectivity index (χ1n) is 6.07. The molecule has 1 heterocycles. The summed E-state index contributed by atoms with van der Waals surface area (Å²) in [6, 6.07) is 2.47. The van der Waals surface area contributed by atoms with Gasteiger partial charge in [-0.1, -0.05) is 19.3 Å². The van der Waals surface area contributed by atoms with Crippen molar-refractivity contribution < 1.29 is 12.8 Å². The van der Waals surface area contributed by atoms with Gasteiger partial charge in [-0.3, -0.25) is 0 Å². The monoisotopic (exact) mass is 272 g/mol. The molecule has 0 amide bonds. The molecule has 0 aromatic carbocycles. The SMILES string of the molecule is CC1(NS(=O)(=O)c2ncccc2F)CCCCC1. The van der Waals surface area contributed by atoms with E-state index in [1.165, 1.54) is 12.3 Å². The quantitative estimate of drug-likeness (QED) is 0.918. The van der Waals surface area contributed by atoms with Crippen LogP contribution in [-0.2, 0) is 10.0 Å². The third kappa shape index (κ3) is 2.87. The second kappa shape index (κ2) is 4.93. The highest BCUT2D eigenvalue weighted by atomic mass is 32.2. The number of pyridine rings is 1. The van der Waals surface area contributed by atoms with Crippen molar-refractivity contribution in [2.75, 3.05) is 0 Å². The van der Waals surface area contributed by atoms with E-state index in [9.17, 15) is 12.8 Å². The number of aromatic nitrogens is 1. The normalized spacial score (nSPS) is 19.7. The van der Waals surface area contributed by atoms with Gasteiger partial charge >= 0.3 is 0 Å². The van der Waals surface area contributed by atoms with Crippen LogP contribution in [0.2, 0.25) is 0 Å². The Hall–Kier alpha value is -1.01. The lowest BCUT2D eigenvalue weighted by Gasteiger charge is -2.33. The molecular formula is C12H17FN2O2S. The molecule has 2 rings (SSSR count). The molecule has 0 spiro atoms. The topological polar surface area (TPSA) is 59.1 Å². The van der Waals surface area contributed by atoms with Crippen molar-refractivity contribution in [2.24, 2.45) is 0 Å². The molecule has 1 saturated carbocycles. The van der Waals surface area contributed by atoms with Crippen molar-refractivity contribution in [1.82, 2.24) is 9.71 Å². The first-order chi connectivity index (χ1) is 8.43. The zero-order valence-corrected chi connectivity index (χ0v) is 11.1. The Balaban J connectivity index is 2.25. The highest BCUT2D eigenvalue weighted by Gasteiger charge is 2.33. The van der Waals surface area contributed by atoms with E-state index in [0.29, 0.717) is 0 Å². The van der Waals surface area contributed by atoms with Crippen molar-refractivity contribution in [3.05, 3.63) is 24.1 Å². The second-order valence-electron chi connectivity index (χ2n) is 5.02. The van der Waals surface area contributed by atoms with Crippen LogP contribution in [0.5, 0.6) is 0 Å². The minimum absolute atomic E-state index is 0.485. The van der Waals surface area contributed by atoms with Crippen LogP contribution in [0.4, 0.5) is 4.39 Å². The van der Waals surface area contributed by atoms with Crippen LogP contribution < -0.4 is 4.72 Å². The maximum Gasteiger partial charge on any atom is 0.261 e. The number of rotatable bonds is 3. The van der Waals surface area contributed by atoms with E-state index in [1.807, 2.05) is 6.92 Å². The highest BCUT2D eigenvalue weighted by molar-refractivity contribution is 7.89. The van der Waals surface area contributed by atoms with Gasteiger partial charge in [0.2, 0.25) is 5.03 Å². The Morgan fingerprint density at radius 1 is 1.33 bits per heavy atom. The smallest absolute Gasteiger partial charge is 0.241 e. The van der Waals surface area contributed by atoms with Crippen molar-refractivity contribution in [2.45, 2.75) is 49.6 Å². The van der Waals surface area contributed by atoms with E-state index < -0.39 is 26.4 Å². The molecule has 1 aliphatic carbocycles. The van der Waals surface area contributed by atoms with E-state index in [4.69, 9.17) is 0 Å². The summed E-state index contributed by atoms with van der Waals surface area (Å²) in [7, 11) is -3.89. The molecule has 100 valence electrons. The summed E-state index contributed by atoms with van der Waals surface area (Å²) in [5, 5.41) is -0.517. The van der Waals surface area contributed by atoms with Gasteiger partial charge in [0.15, 0.2) is 5.82 Å². The number of sulfonamides is 1.